The fraction of sp³-hybridized carbons (Fsp3) is 0.789. The average molecular weight is 351 g/mol. The van der Waals surface area contributed by atoms with Gasteiger partial charge in [0.15, 0.2) is 0 Å². The van der Waals surface area contributed by atoms with E-state index >= 15 is 0 Å². The quantitative estimate of drug-likeness (QED) is 0.741. The standard InChI is InChI=1S/C6H10O2.C4H10O.C4H8O.C3H6O.2CH4/c1-5(4-7)3-6(2)8;2*1-3-4(2)5;1-3(2)4;;/h4-5H,3H2,1-2H3;4-5H,3H2,1-2H3;3H2,1-2H3;1-2H3;2*1H4. The number of carbonyl (C=O) groups is 4. The SMILES string of the molecule is C.C.CC(=O)CC(C)C=O.CC(C)=O.CCC(C)=O.CCC(C)O. The molecule has 0 aromatic rings. The van der Waals surface area contributed by atoms with Crippen molar-refractivity contribution in [1.82, 2.24) is 0 Å². The van der Waals surface area contributed by atoms with Crippen LogP contribution >= 0.6 is 0 Å². The minimum atomic E-state index is -0.116. The molecule has 1 N–H and O–H groups in total. The zero-order chi connectivity index (χ0) is 18.7. The fourth-order valence-electron chi connectivity index (χ4n) is 0.502. The molecule has 0 aromatic carbocycles. The molecule has 0 aromatic heterocycles. The Hall–Kier alpha value is -1.36. The topological polar surface area (TPSA) is 88.5 Å². The van der Waals surface area contributed by atoms with E-state index in [0.29, 0.717) is 12.8 Å². The van der Waals surface area contributed by atoms with Crippen LogP contribution in [0.3, 0.4) is 0 Å². The van der Waals surface area contributed by atoms with Crippen LogP contribution < -0.4 is 0 Å². The number of hydrogen-bond donors (Lipinski definition) is 1. The monoisotopic (exact) mass is 350 g/mol. The van der Waals surface area contributed by atoms with Gasteiger partial charge in [-0.3, -0.25) is 0 Å². The summed E-state index contributed by atoms with van der Waals surface area (Å²) >= 11 is 0. The number of carbonyl (C=O) groups excluding carboxylic acids is 4. The molecule has 0 saturated carbocycles. The van der Waals surface area contributed by atoms with Crippen molar-refractivity contribution in [2.45, 2.75) is 95.6 Å². The molecule has 5 nitrogen and oxygen atoms in total. The van der Waals surface area contributed by atoms with E-state index in [9.17, 15) is 19.2 Å². The first-order valence-corrected chi connectivity index (χ1v) is 7.53. The van der Waals surface area contributed by atoms with Gasteiger partial charge < -0.3 is 24.3 Å². The number of rotatable bonds is 5. The molecule has 0 amide bonds. The summed E-state index contributed by atoms with van der Waals surface area (Å²) in [5, 5.41) is 8.36. The highest BCUT2D eigenvalue weighted by molar-refractivity contribution is 5.78. The second-order valence-electron chi connectivity index (χ2n) is 5.24. The van der Waals surface area contributed by atoms with Gasteiger partial charge >= 0.3 is 0 Å². The van der Waals surface area contributed by atoms with Crippen LogP contribution in [0.4, 0.5) is 0 Å². The van der Waals surface area contributed by atoms with Crippen LogP contribution in [-0.4, -0.2) is 34.8 Å². The van der Waals surface area contributed by atoms with E-state index < -0.39 is 0 Å². The van der Waals surface area contributed by atoms with E-state index in [-0.39, 0.29) is 44.2 Å². The third kappa shape index (κ3) is 107. The zero-order valence-corrected chi connectivity index (χ0v) is 15.4. The van der Waals surface area contributed by atoms with E-state index in [1.54, 1.807) is 20.8 Å². The largest absolute Gasteiger partial charge is 0.393 e. The summed E-state index contributed by atoms with van der Waals surface area (Å²) < 4.78 is 0. The highest BCUT2D eigenvalue weighted by Gasteiger charge is 2.00. The zero-order valence-electron chi connectivity index (χ0n) is 15.4. The van der Waals surface area contributed by atoms with Crippen molar-refractivity contribution < 1.29 is 24.3 Å². The van der Waals surface area contributed by atoms with Crippen LogP contribution in [0, 0.1) is 5.92 Å². The predicted molar refractivity (Wildman–Crippen MR) is 103 cm³/mol. The molecule has 0 saturated heterocycles. The lowest BCUT2D eigenvalue weighted by Crippen LogP contribution is -2.01. The molecule has 0 aliphatic rings. The molecular formula is C19H42O5. The van der Waals surface area contributed by atoms with Crippen molar-refractivity contribution >= 4 is 23.6 Å². The van der Waals surface area contributed by atoms with Gasteiger partial charge in [0.1, 0.15) is 23.6 Å². The Labute approximate surface area is 150 Å². The molecule has 0 aliphatic carbocycles. The van der Waals surface area contributed by atoms with Crippen LogP contribution in [0.25, 0.3) is 0 Å². The molecule has 5 heteroatoms. The number of aliphatic hydroxyl groups excluding tert-OH is 1. The Morgan fingerprint density at radius 3 is 1.21 bits per heavy atom. The molecule has 0 aliphatic heterocycles. The van der Waals surface area contributed by atoms with Gasteiger partial charge in [-0.2, -0.15) is 0 Å². The molecule has 0 fully saturated rings. The van der Waals surface area contributed by atoms with Gasteiger partial charge in [-0.05, 0) is 41.0 Å². The van der Waals surface area contributed by atoms with Gasteiger partial charge in [-0.1, -0.05) is 35.6 Å². The first-order chi connectivity index (χ1) is 9.94. The predicted octanol–water partition coefficient (Wildman–Crippen LogP) is 4.43. The third-order valence-electron chi connectivity index (χ3n) is 1.93. The smallest absolute Gasteiger partial charge is 0.130 e. The maximum absolute atomic E-state index is 10.3. The first kappa shape index (κ1) is 38.3. The van der Waals surface area contributed by atoms with Gasteiger partial charge in [0.05, 0.1) is 6.10 Å². The molecule has 2 atom stereocenters. The first-order valence-electron chi connectivity index (χ1n) is 7.53. The van der Waals surface area contributed by atoms with Crippen molar-refractivity contribution in [3.8, 4) is 0 Å². The molecule has 148 valence electrons. The highest BCUT2D eigenvalue weighted by atomic mass is 16.3. The summed E-state index contributed by atoms with van der Waals surface area (Å²) in [6.07, 6.45) is 2.58. The summed E-state index contributed by atoms with van der Waals surface area (Å²) in [7, 11) is 0. The van der Waals surface area contributed by atoms with Crippen LogP contribution in [-0.2, 0) is 19.2 Å². The molecule has 2 unspecified atom stereocenters. The highest BCUT2D eigenvalue weighted by Crippen LogP contribution is 1.96. The Morgan fingerprint density at radius 1 is 0.917 bits per heavy atom. The van der Waals surface area contributed by atoms with E-state index in [4.69, 9.17) is 5.11 Å². The van der Waals surface area contributed by atoms with Gasteiger partial charge in [-0.25, -0.2) is 0 Å². The van der Waals surface area contributed by atoms with E-state index in [2.05, 4.69) is 0 Å². The van der Waals surface area contributed by atoms with Crippen molar-refractivity contribution in [1.29, 1.82) is 0 Å². The maximum atomic E-state index is 10.3. The number of ketones is 3. The van der Waals surface area contributed by atoms with Gasteiger partial charge in [0, 0.05) is 18.8 Å². The lowest BCUT2D eigenvalue weighted by molar-refractivity contribution is -0.120. The summed E-state index contributed by atoms with van der Waals surface area (Å²) in [4.78, 5) is 39.4. The Kier molecular flexibility index (Phi) is 47.3. The Bertz CT molecular complexity index is 292. The second-order valence-corrected chi connectivity index (χ2v) is 5.24. The summed E-state index contributed by atoms with van der Waals surface area (Å²) in [6.45, 7) is 13.4. The summed E-state index contributed by atoms with van der Waals surface area (Å²) in [6, 6.07) is 0. The van der Waals surface area contributed by atoms with Crippen molar-refractivity contribution in [3.05, 3.63) is 0 Å². The van der Waals surface area contributed by atoms with Gasteiger partial charge in [-0.15, -0.1) is 0 Å². The number of aldehydes is 1. The minimum absolute atomic E-state index is 0. The number of hydrogen-bond acceptors (Lipinski definition) is 5. The van der Waals surface area contributed by atoms with Crippen LogP contribution in [0.1, 0.15) is 89.5 Å². The van der Waals surface area contributed by atoms with Crippen molar-refractivity contribution in [3.63, 3.8) is 0 Å². The second kappa shape index (κ2) is 29.6. The molecule has 0 rings (SSSR count). The van der Waals surface area contributed by atoms with Gasteiger partial charge in [0.2, 0.25) is 0 Å². The summed E-state index contributed by atoms with van der Waals surface area (Å²) in [5.41, 5.74) is 0. The van der Waals surface area contributed by atoms with Crippen LogP contribution in [0.5, 0.6) is 0 Å². The van der Waals surface area contributed by atoms with Gasteiger partial charge in [0.25, 0.3) is 0 Å². The third-order valence-corrected chi connectivity index (χ3v) is 1.93. The molecule has 24 heavy (non-hydrogen) atoms. The lowest BCUT2D eigenvalue weighted by Gasteiger charge is -1.94. The van der Waals surface area contributed by atoms with Crippen LogP contribution in [0.15, 0.2) is 0 Å². The maximum Gasteiger partial charge on any atom is 0.130 e. The van der Waals surface area contributed by atoms with E-state index in [0.717, 1.165) is 12.7 Å². The lowest BCUT2D eigenvalue weighted by atomic mass is 10.1. The van der Waals surface area contributed by atoms with E-state index in [1.807, 2.05) is 13.8 Å². The van der Waals surface area contributed by atoms with E-state index in [1.165, 1.54) is 20.8 Å². The molecule has 0 spiro atoms. The van der Waals surface area contributed by atoms with Crippen molar-refractivity contribution in [2.75, 3.05) is 0 Å². The normalized spacial score (nSPS) is 10.0. The Morgan fingerprint density at radius 2 is 1.17 bits per heavy atom. The van der Waals surface area contributed by atoms with Crippen molar-refractivity contribution in [2.24, 2.45) is 5.92 Å². The fourth-order valence-corrected chi connectivity index (χ4v) is 0.502. The Balaban J connectivity index is -0.0000000454. The minimum Gasteiger partial charge on any atom is -0.393 e. The molecule has 0 bridgehead atoms. The average Bonchev–Trinajstić information content (AvgIpc) is 2.38. The number of Topliss-reactive ketones (excluding diaryl/α,β-unsaturated/α-hetero) is 3. The molecule has 0 radical (unpaired) electrons. The molecule has 0 heterocycles. The number of aliphatic hydroxyl groups is 1. The molecular weight excluding hydrogens is 308 g/mol. The summed E-state index contributed by atoms with van der Waals surface area (Å²) in [5.74, 6) is 0.391. The van der Waals surface area contributed by atoms with Crippen LogP contribution in [0.2, 0.25) is 0 Å².